The van der Waals surface area contributed by atoms with Crippen LogP contribution in [0.15, 0.2) is 123 Å². The smallest absolute Gasteiger partial charge is 0.258 e. The summed E-state index contributed by atoms with van der Waals surface area (Å²) in [6.07, 6.45) is 5.28. The minimum absolute atomic E-state index is 0.00436. The van der Waals surface area contributed by atoms with Crippen LogP contribution in [0.5, 0.6) is 11.5 Å². The molecule has 16 nitrogen and oxygen atoms in total. The first-order chi connectivity index (χ1) is 33.3. The van der Waals surface area contributed by atoms with Crippen molar-refractivity contribution in [2.45, 2.75) is 139 Å². The molecule has 1 aliphatic carbocycles. The van der Waals surface area contributed by atoms with Crippen LogP contribution in [0.2, 0.25) is 0 Å². The molecule has 0 radical (unpaired) electrons. The Hall–Kier alpha value is -5.70. The summed E-state index contributed by atoms with van der Waals surface area (Å²) in [5.74, 6) is -0.873. The number of hydrogen-bond donors (Lipinski definition) is 6. The van der Waals surface area contributed by atoms with E-state index in [9.17, 15) is 40.3 Å². The molecule has 72 heavy (non-hydrogen) atoms. The number of amides is 1. The number of nitrogens with one attached hydrogen (secondary N) is 3. The molecule has 0 saturated carbocycles. The lowest BCUT2D eigenvalue weighted by Gasteiger charge is -2.44. The minimum atomic E-state index is -4.42. The number of sulfonamides is 3. The van der Waals surface area contributed by atoms with Crippen LogP contribution < -0.4 is 24.6 Å². The lowest BCUT2D eigenvalue weighted by atomic mass is 9.68. The van der Waals surface area contributed by atoms with E-state index in [1.165, 1.54) is 54.1 Å². The molecule has 2 unspecified atom stereocenters. The maximum absolute atomic E-state index is 14.6. The number of aliphatic hydroxyl groups is 1. The zero-order valence-electron chi connectivity index (χ0n) is 42.8. The first-order valence-corrected chi connectivity index (χ1v) is 28.6. The SMILES string of the molecule is CCC(C)(C)c1ccc(OCCCCC2(NS(=O)(=O)c3ccc(N=Nc4cc(S(=O)(=O)NC(C)(C)C)c(O)c5cccc(NS(C)(=O)=O)c45)cc3)C(C)=CC(O)(C(N)=O)c3ccccc32)c(C(C)(C)CC)c1. The van der Waals surface area contributed by atoms with Gasteiger partial charge in [0.25, 0.3) is 5.91 Å². The second-order valence-corrected chi connectivity index (χ2v) is 26.0. The van der Waals surface area contributed by atoms with Gasteiger partial charge in [-0.05, 0) is 136 Å². The third kappa shape index (κ3) is 11.7. The van der Waals surface area contributed by atoms with Crippen LogP contribution in [0.25, 0.3) is 10.8 Å². The van der Waals surface area contributed by atoms with Gasteiger partial charge in [-0.2, -0.15) is 9.84 Å². The Bertz CT molecular complexity index is 3290. The van der Waals surface area contributed by atoms with Gasteiger partial charge in [0.05, 0.1) is 40.4 Å². The second kappa shape index (κ2) is 20.3. The Balaban J connectivity index is 1.34. The minimum Gasteiger partial charge on any atom is -0.506 e. The van der Waals surface area contributed by atoms with Gasteiger partial charge < -0.3 is 20.7 Å². The number of anilines is 1. The number of primary amides is 1. The standard InChI is InChI=1S/C53H68N6O10S3/c1-12-50(7,8)35-23-28-44(41(31-35)51(9,10)13-2)69-30-17-16-29-52(34(3)33-53(62,48(54)61)40-21-15-14-20-39(40)52)59-71(65,66)37-26-24-36(25-27-37)55-56-43-32-45(72(67,68)58-49(4,5)6)47(60)38-19-18-22-42(46(38)43)57-70(11,63)64/h14-15,18-28,31-33,57-60,62H,12-13,16-17,29-30H2,1-11H3,(H2,54,61). The molecule has 1 amide bonds. The predicted octanol–water partition coefficient (Wildman–Crippen LogP) is 9.84. The van der Waals surface area contributed by atoms with Gasteiger partial charge in [0, 0.05) is 27.4 Å². The molecule has 1 aliphatic rings. The summed E-state index contributed by atoms with van der Waals surface area (Å²) in [6.45, 7) is 20.0. The quantitative estimate of drug-likeness (QED) is 0.0244. The molecule has 0 saturated heterocycles. The number of unbranched alkanes of at least 4 members (excludes halogenated alkanes) is 1. The van der Waals surface area contributed by atoms with E-state index in [0.717, 1.165) is 36.5 Å². The van der Waals surface area contributed by atoms with Gasteiger partial charge in [-0.25, -0.2) is 30.0 Å². The topological polar surface area (TPSA) is 256 Å². The summed E-state index contributed by atoms with van der Waals surface area (Å²) in [5.41, 5.74) is 4.20. The monoisotopic (exact) mass is 1040 g/mol. The molecule has 0 bridgehead atoms. The van der Waals surface area contributed by atoms with Crippen LogP contribution >= 0.6 is 0 Å². The number of rotatable bonds is 20. The van der Waals surface area contributed by atoms with Gasteiger partial charge in [-0.3, -0.25) is 9.52 Å². The number of carbonyl (C=O) groups is 1. The maximum Gasteiger partial charge on any atom is 0.258 e. The Morgan fingerprint density at radius 2 is 1.42 bits per heavy atom. The third-order valence-electron chi connectivity index (χ3n) is 13.6. The highest BCUT2D eigenvalue weighted by atomic mass is 32.2. The lowest BCUT2D eigenvalue weighted by Crippen LogP contribution is -2.53. The summed E-state index contributed by atoms with van der Waals surface area (Å²) in [6, 6.07) is 23.7. The van der Waals surface area contributed by atoms with Crippen LogP contribution in [0.4, 0.5) is 17.1 Å². The Kier molecular flexibility index (Phi) is 15.7. The Labute approximate surface area is 424 Å². The fourth-order valence-corrected chi connectivity index (χ4v) is 12.4. The van der Waals surface area contributed by atoms with Gasteiger partial charge in [-0.1, -0.05) is 90.1 Å². The molecule has 0 aromatic heterocycles. The van der Waals surface area contributed by atoms with Crippen molar-refractivity contribution in [3.8, 4) is 11.5 Å². The van der Waals surface area contributed by atoms with E-state index < -0.39 is 63.3 Å². The summed E-state index contributed by atoms with van der Waals surface area (Å²) >= 11 is 0. The maximum atomic E-state index is 14.6. The van der Waals surface area contributed by atoms with Gasteiger partial charge >= 0.3 is 0 Å². The van der Waals surface area contributed by atoms with Crippen LogP contribution in [-0.2, 0) is 56.8 Å². The van der Waals surface area contributed by atoms with E-state index in [2.05, 4.69) is 78.1 Å². The average molecular weight is 1050 g/mol. The van der Waals surface area contributed by atoms with Crippen molar-refractivity contribution in [2.75, 3.05) is 17.6 Å². The zero-order valence-corrected chi connectivity index (χ0v) is 45.3. The van der Waals surface area contributed by atoms with Crippen LogP contribution in [0, 0.1) is 0 Å². The second-order valence-electron chi connectivity index (χ2n) is 20.9. The van der Waals surface area contributed by atoms with Crippen molar-refractivity contribution < 1.29 is 45.0 Å². The number of fused-ring (bicyclic) bond motifs is 2. The number of ether oxygens (including phenoxy) is 1. The molecule has 2 atom stereocenters. The number of azo groups is 1. The molecule has 5 aromatic carbocycles. The van der Waals surface area contributed by atoms with Crippen LogP contribution in [-0.4, -0.2) is 59.8 Å². The molecule has 0 aliphatic heterocycles. The van der Waals surface area contributed by atoms with Crippen molar-refractivity contribution in [1.29, 1.82) is 0 Å². The van der Waals surface area contributed by atoms with Gasteiger partial charge in [-0.15, -0.1) is 5.11 Å². The van der Waals surface area contributed by atoms with Crippen LogP contribution in [0.1, 0.15) is 124 Å². The van der Waals surface area contributed by atoms with Gasteiger partial charge in [0.2, 0.25) is 30.1 Å². The van der Waals surface area contributed by atoms with E-state index in [4.69, 9.17) is 10.5 Å². The molecule has 388 valence electrons. The number of phenolic OH excluding ortho intramolecular Hbond substituents is 1. The largest absolute Gasteiger partial charge is 0.506 e. The lowest BCUT2D eigenvalue weighted by molar-refractivity contribution is -0.132. The molecular weight excluding hydrogens is 977 g/mol. The highest BCUT2D eigenvalue weighted by molar-refractivity contribution is 7.92. The molecular formula is C53H68N6O10S3. The highest BCUT2D eigenvalue weighted by Gasteiger charge is 2.50. The van der Waals surface area contributed by atoms with Crippen molar-refractivity contribution in [3.63, 3.8) is 0 Å². The molecule has 6 rings (SSSR count). The van der Waals surface area contributed by atoms with Crippen LogP contribution in [0.3, 0.4) is 0 Å². The Morgan fingerprint density at radius 3 is 2.01 bits per heavy atom. The first-order valence-electron chi connectivity index (χ1n) is 23.8. The van der Waals surface area contributed by atoms with Crippen molar-refractivity contribution in [1.82, 2.24) is 9.44 Å². The van der Waals surface area contributed by atoms with Crippen molar-refractivity contribution >= 4 is 63.8 Å². The summed E-state index contributed by atoms with van der Waals surface area (Å²) in [4.78, 5) is 12.2. The zero-order chi connectivity index (χ0) is 53.5. The van der Waals surface area contributed by atoms with E-state index in [1.54, 1.807) is 52.0 Å². The number of carbonyl (C=O) groups excluding carboxylic acids is 1. The molecule has 5 aromatic rings. The summed E-state index contributed by atoms with van der Waals surface area (Å²) in [7, 11) is -12.6. The highest BCUT2D eigenvalue weighted by Crippen LogP contribution is 2.48. The van der Waals surface area contributed by atoms with E-state index in [-0.39, 0.29) is 55.5 Å². The number of hydrogen-bond acceptors (Lipinski definition) is 12. The van der Waals surface area contributed by atoms with Crippen molar-refractivity contribution in [3.05, 3.63) is 125 Å². The predicted molar refractivity (Wildman–Crippen MR) is 282 cm³/mol. The Morgan fingerprint density at radius 1 is 0.778 bits per heavy atom. The fourth-order valence-electron chi connectivity index (χ4n) is 8.85. The van der Waals surface area contributed by atoms with Gasteiger partial charge in [0.15, 0.2) is 5.60 Å². The van der Waals surface area contributed by atoms with Crippen molar-refractivity contribution in [2.24, 2.45) is 16.0 Å². The normalized spacial score (nSPS) is 18.0. The van der Waals surface area contributed by atoms with E-state index in [0.29, 0.717) is 30.6 Å². The number of nitrogens with two attached hydrogens (primary N) is 1. The number of aromatic hydroxyl groups is 1. The average Bonchev–Trinajstić information content (AvgIpc) is 3.29. The molecule has 0 heterocycles. The summed E-state index contributed by atoms with van der Waals surface area (Å²) < 4.78 is 95.5. The first kappa shape index (κ1) is 55.6. The molecule has 0 spiro atoms. The van der Waals surface area contributed by atoms with Gasteiger partial charge in [0.1, 0.15) is 16.4 Å². The van der Waals surface area contributed by atoms with E-state index in [1.807, 2.05) is 6.07 Å². The van der Waals surface area contributed by atoms with E-state index >= 15 is 0 Å². The molecule has 19 heteroatoms. The third-order valence-corrected chi connectivity index (χ3v) is 17.4. The molecule has 7 N–H and O–H groups in total. The fraction of sp³-hybridized carbons (Fsp3) is 0.415. The number of benzene rings is 5. The summed E-state index contributed by atoms with van der Waals surface area (Å²) in [5, 5.41) is 31.6. The molecule has 0 fully saturated rings. The number of nitrogens with zero attached hydrogens (tertiary/aromatic N) is 2. The number of phenols is 1.